The molecule has 1 rings (SSSR count). The Morgan fingerprint density at radius 3 is 2.53 bits per heavy atom. The maximum Gasteiger partial charge on any atom is 0.337 e. The minimum absolute atomic E-state index is 0.364. The van der Waals surface area contributed by atoms with Crippen LogP contribution in [-0.4, -0.2) is 36.5 Å². The van der Waals surface area contributed by atoms with Crippen LogP contribution in [0.1, 0.15) is 11.7 Å². The molecule has 0 aliphatic heterocycles. The average molecular weight is 305 g/mol. The molecule has 0 bridgehead atoms. The van der Waals surface area contributed by atoms with E-state index < -0.39 is 18.2 Å². The van der Waals surface area contributed by atoms with Gasteiger partial charge in [-0.15, -0.1) is 0 Å². The van der Waals surface area contributed by atoms with E-state index in [1.165, 1.54) is 13.2 Å². The molecule has 0 amide bonds. The summed E-state index contributed by atoms with van der Waals surface area (Å²) < 4.78 is 10.1. The van der Waals surface area contributed by atoms with Crippen molar-refractivity contribution < 1.29 is 24.5 Å². The number of hydrogen-bond acceptors (Lipinski definition) is 5. The van der Waals surface area contributed by atoms with E-state index in [0.717, 1.165) is 7.11 Å². The van der Waals surface area contributed by atoms with Gasteiger partial charge >= 0.3 is 5.97 Å². The second kappa shape index (κ2) is 6.00. The highest BCUT2D eigenvalue weighted by Crippen LogP contribution is 2.29. The monoisotopic (exact) mass is 304 g/mol. The smallest absolute Gasteiger partial charge is 0.337 e. The van der Waals surface area contributed by atoms with Crippen LogP contribution >= 0.6 is 15.9 Å². The van der Waals surface area contributed by atoms with E-state index >= 15 is 0 Å². The van der Waals surface area contributed by atoms with E-state index in [9.17, 15) is 15.0 Å². The molecular weight excluding hydrogens is 292 g/mol. The van der Waals surface area contributed by atoms with Crippen molar-refractivity contribution in [1.29, 1.82) is 0 Å². The van der Waals surface area contributed by atoms with Gasteiger partial charge in [0.2, 0.25) is 0 Å². The molecule has 1 aromatic rings. The molecule has 17 heavy (non-hydrogen) atoms. The number of carbonyl (C=O) groups excluding carboxylic acids is 1. The molecule has 2 atom stereocenters. The van der Waals surface area contributed by atoms with Crippen molar-refractivity contribution in [3.8, 4) is 5.75 Å². The summed E-state index contributed by atoms with van der Waals surface area (Å²) in [5, 5.41) is 19.3. The summed E-state index contributed by atoms with van der Waals surface area (Å²) in [6.07, 6.45) is -2.98. The molecule has 0 aromatic heterocycles. The molecule has 0 aliphatic carbocycles. The van der Waals surface area contributed by atoms with Gasteiger partial charge < -0.3 is 19.7 Å². The predicted octanol–water partition coefficient (Wildman–Crippen LogP) is 1.03. The number of hydrogen-bond donors (Lipinski definition) is 2. The minimum Gasteiger partial charge on any atom is -0.496 e. The van der Waals surface area contributed by atoms with Crippen molar-refractivity contribution in [1.82, 2.24) is 0 Å². The van der Waals surface area contributed by atoms with E-state index in [2.05, 4.69) is 20.7 Å². The van der Waals surface area contributed by atoms with Crippen LogP contribution in [0.3, 0.4) is 0 Å². The zero-order valence-electron chi connectivity index (χ0n) is 9.38. The molecule has 94 valence electrons. The fraction of sp³-hybridized carbons (Fsp3) is 0.364. The van der Waals surface area contributed by atoms with E-state index in [-0.39, 0.29) is 0 Å². The lowest BCUT2D eigenvalue weighted by atomic mass is 10.0. The third kappa shape index (κ3) is 3.18. The molecule has 2 unspecified atom stereocenters. The molecule has 6 heteroatoms. The largest absolute Gasteiger partial charge is 0.496 e. The minimum atomic E-state index is -1.62. The Hall–Kier alpha value is -1.11. The number of rotatable bonds is 4. The number of benzene rings is 1. The van der Waals surface area contributed by atoms with Crippen LogP contribution in [0.15, 0.2) is 22.7 Å². The number of aliphatic hydroxyl groups is 2. The lowest BCUT2D eigenvalue weighted by Crippen LogP contribution is -2.29. The maximum atomic E-state index is 11.1. The molecule has 0 heterocycles. The van der Waals surface area contributed by atoms with Crippen LogP contribution in [0.2, 0.25) is 0 Å². The van der Waals surface area contributed by atoms with Crippen LogP contribution in [0, 0.1) is 0 Å². The molecule has 1 aromatic carbocycles. The molecule has 5 nitrogen and oxygen atoms in total. The number of halogens is 1. The Morgan fingerprint density at radius 1 is 1.35 bits per heavy atom. The summed E-state index contributed by atoms with van der Waals surface area (Å²) in [6.45, 7) is 0. The molecule has 0 aliphatic rings. The highest BCUT2D eigenvalue weighted by Gasteiger charge is 2.26. The third-order valence-electron chi connectivity index (χ3n) is 2.26. The lowest BCUT2D eigenvalue weighted by molar-refractivity contribution is -0.156. The Bertz CT molecular complexity index is 407. The van der Waals surface area contributed by atoms with Gasteiger partial charge in [-0.25, -0.2) is 4.79 Å². The Labute approximate surface area is 107 Å². The van der Waals surface area contributed by atoms with E-state index in [4.69, 9.17) is 4.74 Å². The number of methoxy groups -OCH3 is 2. The van der Waals surface area contributed by atoms with Crippen molar-refractivity contribution in [2.75, 3.05) is 14.2 Å². The fourth-order valence-corrected chi connectivity index (χ4v) is 1.70. The first-order valence-electron chi connectivity index (χ1n) is 4.78. The van der Waals surface area contributed by atoms with Gasteiger partial charge in [-0.2, -0.15) is 0 Å². The van der Waals surface area contributed by atoms with E-state index in [1.807, 2.05) is 0 Å². The summed E-state index contributed by atoms with van der Waals surface area (Å²) in [5.41, 5.74) is 0.364. The zero-order chi connectivity index (χ0) is 13.0. The van der Waals surface area contributed by atoms with Gasteiger partial charge in [0.05, 0.1) is 18.7 Å². The van der Waals surface area contributed by atoms with Gasteiger partial charge in [-0.3, -0.25) is 0 Å². The number of aliphatic hydroxyl groups excluding tert-OH is 2. The molecule has 0 saturated heterocycles. The summed E-state index contributed by atoms with van der Waals surface area (Å²) in [4.78, 5) is 11.1. The molecule has 0 spiro atoms. The Kier molecular flexibility index (Phi) is 4.92. The van der Waals surface area contributed by atoms with Crippen molar-refractivity contribution in [2.45, 2.75) is 12.2 Å². The standard InChI is InChI=1S/C11H13BrO5/c1-16-8-5-6(3-4-7(8)12)9(13)10(14)11(15)17-2/h3-5,9-10,13-14H,1-2H3. The first kappa shape index (κ1) is 14.0. The number of ether oxygens (including phenoxy) is 2. The van der Waals surface area contributed by atoms with Crippen LogP contribution in [0.4, 0.5) is 0 Å². The second-order valence-electron chi connectivity index (χ2n) is 3.31. The summed E-state index contributed by atoms with van der Waals surface area (Å²) >= 11 is 3.26. The predicted molar refractivity (Wildman–Crippen MR) is 63.7 cm³/mol. The second-order valence-corrected chi connectivity index (χ2v) is 4.16. The van der Waals surface area contributed by atoms with E-state index in [0.29, 0.717) is 15.8 Å². The Morgan fingerprint density at radius 2 is 2.00 bits per heavy atom. The summed E-state index contributed by atoms with van der Waals surface area (Å²) in [6, 6.07) is 4.76. The highest BCUT2D eigenvalue weighted by molar-refractivity contribution is 9.10. The van der Waals surface area contributed by atoms with Crippen LogP contribution in [0.25, 0.3) is 0 Å². The quantitative estimate of drug-likeness (QED) is 0.813. The lowest BCUT2D eigenvalue weighted by Gasteiger charge is -2.17. The average Bonchev–Trinajstić information content (AvgIpc) is 2.36. The van der Waals surface area contributed by atoms with Crippen molar-refractivity contribution >= 4 is 21.9 Å². The summed E-state index contributed by atoms with van der Waals surface area (Å²) in [5.74, 6) is -0.391. The SMILES string of the molecule is COC(=O)C(O)C(O)c1ccc(Br)c(OC)c1. The van der Waals surface area contributed by atoms with Crippen molar-refractivity contribution in [3.63, 3.8) is 0 Å². The third-order valence-corrected chi connectivity index (χ3v) is 2.91. The molecular formula is C11H13BrO5. The van der Waals surface area contributed by atoms with Gasteiger partial charge in [0.15, 0.2) is 6.10 Å². The molecule has 0 radical (unpaired) electrons. The Balaban J connectivity index is 2.96. The number of esters is 1. The number of carbonyl (C=O) groups is 1. The topological polar surface area (TPSA) is 76.0 Å². The normalized spacial score (nSPS) is 13.9. The van der Waals surface area contributed by atoms with Gasteiger partial charge in [0.25, 0.3) is 0 Å². The van der Waals surface area contributed by atoms with Gasteiger partial charge in [-0.1, -0.05) is 6.07 Å². The van der Waals surface area contributed by atoms with E-state index in [1.54, 1.807) is 12.1 Å². The molecule has 0 saturated carbocycles. The van der Waals surface area contributed by atoms with Crippen LogP contribution in [-0.2, 0) is 9.53 Å². The molecule has 0 fully saturated rings. The molecule has 2 N–H and O–H groups in total. The van der Waals surface area contributed by atoms with Crippen LogP contribution < -0.4 is 4.74 Å². The first-order valence-corrected chi connectivity index (χ1v) is 5.58. The zero-order valence-corrected chi connectivity index (χ0v) is 11.0. The van der Waals surface area contributed by atoms with Crippen LogP contribution in [0.5, 0.6) is 5.75 Å². The fourth-order valence-electron chi connectivity index (χ4n) is 1.29. The first-order chi connectivity index (χ1) is 8.01. The van der Waals surface area contributed by atoms with Gasteiger partial charge in [0, 0.05) is 0 Å². The highest BCUT2D eigenvalue weighted by atomic mass is 79.9. The van der Waals surface area contributed by atoms with Gasteiger partial charge in [0.1, 0.15) is 11.9 Å². The van der Waals surface area contributed by atoms with Crippen molar-refractivity contribution in [2.24, 2.45) is 0 Å². The summed E-state index contributed by atoms with van der Waals surface area (Å²) in [7, 11) is 2.62. The van der Waals surface area contributed by atoms with Gasteiger partial charge in [-0.05, 0) is 33.6 Å². The van der Waals surface area contributed by atoms with Crippen molar-refractivity contribution in [3.05, 3.63) is 28.2 Å². The maximum absolute atomic E-state index is 11.1.